The maximum absolute atomic E-state index is 11.4. The summed E-state index contributed by atoms with van der Waals surface area (Å²) in [6, 6.07) is 5.58. The fourth-order valence-electron chi connectivity index (χ4n) is 1.89. The summed E-state index contributed by atoms with van der Waals surface area (Å²) >= 11 is 13.5. The third-order valence-electron chi connectivity index (χ3n) is 3.08. The van der Waals surface area contributed by atoms with Crippen LogP contribution >= 0.6 is 35.0 Å². The Bertz CT molecular complexity index is 506. The zero-order chi connectivity index (χ0) is 16.4. The minimum atomic E-state index is -0.467. The summed E-state index contributed by atoms with van der Waals surface area (Å²) in [5.74, 6) is 0.745. The molecule has 0 unspecified atom stereocenters. The molecule has 122 valence electrons. The Morgan fingerprint density at radius 2 is 1.95 bits per heavy atom. The fourth-order valence-corrected chi connectivity index (χ4v) is 3.28. The molecule has 0 aliphatic heterocycles. The number of carbonyl (C=O) groups excluding carboxylic acids is 2. The van der Waals surface area contributed by atoms with Gasteiger partial charge in [0.15, 0.2) is 5.78 Å². The molecule has 3 nitrogen and oxygen atoms in total. The zero-order valence-corrected chi connectivity index (χ0v) is 14.9. The van der Waals surface area contributed by atoms with Gasteiger partial charge in [0.1, 0.15) is 6.42 Å². The van der Waals surface area contributed by atoms with Gasteiger partial charge in [0.05, 0.1) is 12.9 Å². The summed E-state index contributed by atoms with van der Waals surface area (Å²) in [6.07, 6.45) is 3.98. The van der Waals surface area contributed by atoms with Gasteiger partial charge in [-0.05, 0) is 42.7 Å². The molecule has 0 heterocycles. The number of Topliss-reactive ketones (excluding diaryl/α,β-unsaturated/α-hetero) is 1. The Labute approximate surface area is 145 Å². The second-order valence-electron chi connectivity index (χ2n) is 4.89. The van der Waals surface area contributed by atoms with Gasteiger partial charge in [-0.15, -0.1) is 0 Å². The highest BCUT2D eigenvalue weighted by molar-refractivity contribution is 7.99. The number of aryl methyl sites for hydroxylation is 1. The van der Waals surface area contributed by atoms with Crippen LogP contribution < -0.4 is 0 Å². The van der Waals surface area contributed by atoms with Gasteiger partial charge in [0.25, 0.3) is 0 Å². The molecule has 1 aromatic rings. The number of esters is 1. The smallest absolute Gasteiger partial charge is 0.313 e. The van der Waals surface area contributed by atoms with Crippen LogP contribution in [0.25, 0.3) is 0 Å². The van der Waals surface area contributed by atoms with Crippen LogP contribution in [-0.4, -0.2) is 30.4 Å². The van der Waals surface area contributed by atoms with Crippen LogP contribution in [0.5, 0.6) is 0 Å². The molecule has 22 heavy (non-hydrogen) atoms. The van der Waals surface area contributed by atoms with Crippen molar-refractivity contribution in [1.82, 2.24) is 0 Å². The van der Waals surface area contributed by atoms with Gasteiger partial charge in [0, 0.05) is 10.0 Å². The van der Waals surface area contributed by atoms with Crippen LogP contribution in [0.3, 0.4) is 0 Å². The summed E-state index contributed by atoms with van der Waals surface area (Å²) in [5, 5.41) is 1.37. The number of hydrogen-bond acceptors (Lipinski definition) is 4. The number of carbonyl (C=O) groups is 2. The lowest BCUT2D eigenvalue weighted by Crippen LogP contribution is -2.11. The molecule has 6 heteroatoms. The number of ether oxygens (including phenoxy) is 1. The number of rotatable bonds is 10. The molecule has 1 aromatic carbocycles. The van der Waals surface area contributed by atoms with Gasteiger partial charge in [-0.2, -0.15) is 11.8 Å². The van der Waals surface area contributed by atoms with Gasteiger partial charge in [-0.3, -0.25) is 9.59 Å². The Balaban J connectivity index is 2.06. The van der Waals surface area contributed by atoms with Crippen LogP contribution in [0.2, 0.25) is 10.0 Å². The third-order valence-corrected chi connectivity index (χ3v) is 4.77. The highest BCUT2D eigenvalue weighted by atomic mass is 35.5. The molecule has 0 aliphatic rings. The van der Waals surface area contributed by atoms with E-state index in [4.69, 9.17) is 23.2 Å². The Morgan fingerprint density at radius 1 is 1.18 bits per heavy atom. The van der Waals surface area contributed by atoms with Crippen molar-refractivity contribution in [3.05, 3.63) is 33.8 Å². The zero-order valence-electron chi connectivity index (χ0n) is 12.6. The molecular formula is C16H20Cl2O3S. The SMILES string of the molecule is COC(=O)CC(=O)CSCCCCCc1ccc(Cl)cc1Cl. The first kappa shape index (κ1) is 19.3. The van der Waals surface area contributed by atoms with E-state index < -0.39 is 5.97 Å². The molecule has 0 saturated heterocycles. The lowest BCUT2D eigenvalue weighted by molar-refractivity contribution is -0.142. The number of thioether (sulfide) groups is 1. The maximum Gasteiger partial charge on any atom is 0.313 e. The predicted octanol–water partition coefficient (Wildman–Crippen LogP) is 4.57. The molecule has 0 aliphatic carbocycles. The number of methoxy groups -OCH3 is 1. The maximum atomic E-state index is 11.4. The molecule has 0 bridgehead atoms. The summed E-state index contributed by atoms with van der Waals surface area (Å²) in [7, 11) is 1.29. The Morgan fingerprint density at radius 3 is 2.64 bits per heavy atom. The van der Waals surface area contributed by atoms with Crippen molar-refractivity contribution in [2.75, 3.05) is 18.6 Å². The third kappa shape index (κ3) is 8.06. The van der Waals surface area contributed by atoms with E-state index in [1.54, 1.807) is 17.8 Å². The highest BCUT2D eigenvalue weighted by Crippen LogP contribution is 2.22. The molecule has 0 amide bonds. The van der Waals surface area contributed by atoms with Crippen LogP contribution in [0.15, 0.2) is 18.2 Å². The number of hydrogen-bond donors (Lipinski definition) is 0. The summed E-state index contributed by atoms with van der Waals surface area (Å²) < 4.78 is 4.45. The molecule has 0 spiro atoms. The average molecular weight is 363 g/mol. The average Bonchev–Trinajstić information content (AvgIpc) is 2.48. The molecule has 0 N–H and O–H groups in total. The van der Waals surface area contributed by atoms with Crippen LogP contribution in [0.4, 0.5) is 0 Å². The monoisotopic (exact) mass is 362 g/mol. The van der Waals surface area contributed by atoms with E-state index >= 15 is 0 Å². The topological polar surface area (TPSA) is 43.4 Å². The van der Waals surface area contributed by atoms with Crippen molar-refractivity contribution < 1.29 is 14.3 Å². The van der Waals surface area contributed by atoms with Gasteiger partial charge in [-0.1, -0.05) is 35.7 Å². The van der Waals surface area contributed by atoms with Crippen molar-refractivity contribution in [1.29, 1.82) is 0 Å². The Hall–Kier alpha value is -0.710. The van der Waals surface area contributed by atoms with E-state index in [9.17, 15) is 9.59 Å². The summed E-state index contributed by atoms with van der Waals surface area (Å²) in [5.41, 5.74) is 1.12. The van der Waals surface area contributed by atoms with E-state index in [1.807, 2.05) is 12.1 Å². The first-order chi connectivity index (χ1) is 10.5. The van der Waals surface area contributed by atoms with Crippen molar-refractivity contribution in [3.8, 4) is 0 Å². The van der Waals surface area contributed by atoms with Crippen molar-refractivity contribution in [3.63, 3.8) is 0 Å². The van der Waals surface area contributed by atoms with Gasteiger partial charge in [-0.25, -0.2) is 0 Å². The van der Waals surface area contributed by atoms with E-state index in [0.29, 0.717) is 10.8 Å². The normalized spacial score (nSPS) is 10.5. The number of unbranched alkanes of at least 4 members (excludes halogenated alkanes) is 2. The van der Waals surface area contributed by atoms with E-state index in [-0.39, 0.29) is 12.2 Å². The lowest BCUT2D eigenvalue weighted by atomic mass is 10.1. The molecule has 0 atom stereocenters. The second-order valence-corrected chi connectivity index (χ2v) is 6.84. The Kier molecular flexibility index (Phi) is 9.60. The predicted molar refractivity (Wildman–Crippen MR) is 93.0 cm³/mol. The van der Waals surface area contributed by atoms with E-state index in [2.05, 4.69) is 4.74 Å². The van der Waals surface area contributed by atoms with Crippen LogP contribution in [0.1, 0.15) is 31.2 Å². The van der Waals surface area contributed by atoms with E-state index in [0.717, 1.165) is 42.0 Å². The van der Waals surface area contributed by atoms with Crippen LogP contribution in [-0.2, 0) is 20.7 Å². The first-order valence-corrected chi connectivity index (χ1v) is 9.04. The lowest BCUT2D eigenvalue weighted by Gasteiger charge is -2.05. The summed E-state index contributed by atoms with van der Waals surface area (Å²) in [6.45, 7) is 0. The highest BCUT2D eigenvalue weighted by Gasteiger charge is 2.09. The van der Waals surface area contributed by atoms with Crippen LogP contribution in [0, 0.1) is 0 Å². The minimum absolute atomic E-state index is 0.0789. The van der Waals surface area contributed by atoms with Crippen molar-refractivity contribution in [2.24, 2.45) is 0 Å². The molecule has 1 rings (SSSR count). The minimum Gasteiger partial charge on any atom is -0.469 e. The first-order valence-electron chi connectivity index (χ1n) is 7.13. The van der Waals surface area contributed by atoms with Crippen molar-refractivity contribution in [2.45, 2.75) is 32.1 Å². The molecular weight excluding hydrogens is 343 g/mol. The molecule has 0 fully saturated rings. The quantitative estimate of drug-likeness (QED) is 0.347. The fraction of sp³-hybridized carbons (Fsp3) is 0.500. The van der Waals surface area contributed by atoms with Gasteiger partial charge >= 0.3 is 5.97 Å². The van der Waals surface area contributed by atoms with Gasteiger partial charge < -0.3 is 4.74 Å². The number of halogens is 2. The largest absolute Gasteiger partial charge is 0.469 e. The molecule has 0 aromatic heterocycles. The van der Waals surface area contributed by atoms with Gasteiger partial charge in [0.2, 0.25) is 0 Å². The van der Waals surface area contributed by atoms with Crippen molar-refractivity contribution >= 4 is 46.7 Å². The second kappa shape index (κ2) is 10.9. The molecule has 0 radical (unpaired) electrons. The summed E-state index contributed by atoms with van der Waals surface area (Å²) in [4.78, 5) is 22.3. The number of benzene rings is 1. The molecule has 0 saturated carbocycles. The standard InChI is InChI=1S/C16H20Cl2O3S/c1-21-16(20)10-14(19)11-22-8-4-2-3-5-12-6-7-13(17)9-15(12)18/h6-7,9H,2-5,8,10-11H2,1H3. The van der Waals surface area contributed by atoms with E-state index in [1.165, 1.54) is 7.11 Å². The number of ketones is 1.